The maximum absolute atomic E-state index is 14.2. The number of nitrogens with zero attached hydrogens (tertiary/aromatic N) is 9. The highest BCUT2D eigenvalue weighted by Crippen LogP contribution is 2.33. The molecule has 5 aromatic rings. The molecule has 7 heterocycles. The number of Topliss-reactive ketones (excluding diaryl/α,β-unsaturated/α-hetero) is 1. The van der Waals surface area contributed by atoms with Crippen molar-refractivity contribution in [3.8, 4) is 10.4 Å². The van der Waals surface area contributed by atoms with Gasteiger partial charge in [-0.1, -0.05) is 57.9 Å². The third-order valence-corrected chi connectivity index (χ3v) is 16.2. The van der Waals surface area contributed by atoms with Crippen molar-refractivity contribution in [2.45, 2.75) is 117 Å². The van der Waals surface area contributed by atoms with Crippen molar-refractivity contribution in [2.24, 2.45) is 11.3 Å². The van der Waals surface area contributed by atoms with Crippen molar-refractivity contribution in [3.63, 3.8) is 0 Å². The van der Waals surface area contributed by atoms with Crippen LogP contribution in [0.25, 0.3) is 21.5 Å². The Balaban J connectivity index is 0.731. The fourth-order valence-electron chi connectivity index (χ4n) is 11.0. The Kier molecular flexibility index (Phi) is 15.6. The number of rotatable bonds is 14. The molecule has 19 nitrogen and oxygen atoms in total. The quantitative estimate of drug-likeness (QED) is 0.106. The topological polar surface area (TPSA) is 228 Å². The molecule has 4 aliphatic rings. The van der Waals surface area contributed by atoms with Crippen molar-refractivity contribution in [1.82, 2.24) is 49.8 Å². The van der Waals surface area contributed by atoms with E-state index in [4.69, 9.17) is 4.98 Å². The van der Waals surface area contributed by atoms with Gasteiger partial charge in [-0.15, -0.1) is 11.3 Å². The number of nitrogens with one attached hydrogen (secondary N) is 3. The number of likely N-dealkylation sites (tertiary alicyclic amines) is 2. The molecular formula is C54H68N12O7S. The summed E-state index contributed by atoms with van der Waals surface area (Å²) in [7, 11) is 0. The summed E-state index contributed by atoms with van der Waals surface area (Å²) in [5.41, 5.74) is 5.94. The average Bonchev–Trinajstić information content (AvgIpc) is 4.17. The summed E-state index contributed by atoms with van der Waals surface area (Å²) >= 11 is 1.57. The van der Waals surface area contributed by atoms with Crippen LogP contribution in [-0.4, -0.2) is 144 Å². The number of hydrogen-bond acceptors (Lipinski definition) is 15. The number of carbonyl (C=O) groups is 5. The van der Waals surface area contributed by atoms with E-state index in [0.717, 1.165) is 53.1 Å². The lowest BCUT2D eigenvalue weighted by Crippen LogP contribution is -2.59. The molecule has 392 valence electrons. The highest BCUT2D eigenvalue weighted by Gasteiger charge is 2.45. The molecule has 0 bridgehead atoms. The first-order valence-electron chi connectivity index (χ1n) is 25.9. The number of carbonyl (C=O) groups excluding carboxylic acids is 5. The molecule has 20 heteroatoms. The fraction of sp³-hybridized carbons (Fsp3) is 0.519. The van der Waals surface area contributed by atoms with Gasteiger partial charge in [0.25, 0.3) is 5.56 Å². The lowest BCUT2D eigenvalue weighted by Gasteiger charge is -2.39. The number of ketones is 1. The highest BCUT2D eigenvalue weighted by molar-refractivity contribution is 7.13. The Morgan fingerprint density at radius 2 is 1.59 bits per heavy atom. The second kappa shape index (κ2) is 22.1. The maximum atomic E-state index is 14.2. The standard InChI is InChI=1S/C54H68N12O7S/c1-32-41-28-57-53(61-48(41)66(38-9-7-8-10-38)51(72)45(32)34(3)67)59-43-16-15-39(27-55-43)63-21-23-64(24-22-63)50(71)37-17-19-62(20-18-37)30-44(69)60-47(54(4,5)6)52(73)65-29-40(68)25-42(65)49(70)56-26-35-11-13-36(14-12-35)46-33(2)58-31-74-46/h11-16,27-28,31,37-38,40,42,47,68H,7-10,17-26,29-30H2,1-6H3,(H,56,70)(H,60,69)(H,55,57,59,61)/t40-,42+,47?/m1/s1. The van der Waals surface area contributed by atoms with Crippen LogP contribution in [0.4, 0.5) is 17.5 Å². The first-order valence-corrected chi connectivity index (χ1v) is 26.8. The molecule has 9 rings (SSSR count). The number of fused-ring (bicyclic) bond motifs is 1. The number of benzene rings is 1. The number of piperazine rings is 1. The van der Waals surface area contributed by atoms with Crippen LogP contribution < -0.4 is 26.4 Å². The van der Waals surface area contributed by atoms with Crippen molar-refractivity contribution < 1.29 is 29.1 Å². The van der Waals surface area contributed by atoms with E-state index in [1.807, 2.05) is 79.4 Å². The number of aromatic nitrogens is 5. The third kappa shape index (κ3) is 11.4. The largest absolute Gasteiger partial charge is 0.391 e. The first-order chi connectivity index (χ1) is 35.4. The number of piperidine rings is 1. The van der Waals surface area contributed by atoms with Gasteiger partial charge in [-0.25, -0.2) is 15.0 Å². The van der Waals surface area contributed by atoms with Crippen LogP contribution >= 0.6 is 11.3 Å². The molecule has 1 unspecified atom stereocenters. The number of aryl methyl sites for hydroxylation is 2. The lowest BCUT2D eigenvalue weighted by atomic mass is 9.85. The highest BCUT2D eigenvalue weighted by atomic mass is 32.1. The first kappa shape index (κ1) is 52.2. The zero-order valence-electron chi connectivity index (χ0n) is 43.2. The summed E-state index contributed by atoms with van der Waals surface area (Å²) in [6, 6.07) is 9.87. The van der Waals surface area contributed by atoms with Crippen molar-refractivity contribution in [1.29, 1.82) is 0 Å². The summed E-state index contributed by atoms with van der Waals surface area (Å²) in [4.78, 5) is 108. The molecule has 3 atom stereocenters. The minimum Gasteiger partial charge on any atom is -0.391 e. The van der Waals surface area contributed by atoms with E-state index < -0.39 is 29.5 Å². The van der Waals surface area contributed by atoms with E-state index in [1.165, 1.54) is 11.8 Å². The van der Waals surface area contributed by atoms with E-state index in [2.05, 4.69) is 35.8 Å². The number of thiazole rings is 1. The molecule has 0 radical (unpaired) electrons. The van der Waals surface area contributed by atoms with Crippen LogP contribution in [0.2, 0.25) is 0 Å². The van der Waals surface area contributed by atoms with Gasteiger partial charge in [0.1, 0.15) is 23.5 Å². The molecule has 1 saturated carbocycles. The predicted octanol–water partition coefficient (Wildman–Crippen LogP) is 5.16. The predicted molar refractivity (Wildman–Crippen MR) is 283 cm³/mol. The minimum absolute atomic E-state index is 0.00953. The molecule has 4 N–H and O–H groups in total. The summed E-state index contributed by atoms with van der Waals surface area (Å²) in [5.74, 6) is -0.548. The SMILES string of the molecule is CC(=O)c1c(C)c2cnc(Nc3ccc(N4CCN(C(=O)C5CCN(CC(=O)NC(C(=O)N6C[C@H](O)C[C@H]6C(=O)NCc6ccc(-c7scnc7C)cc6)C(C)(C)C)CC5)CC4)cn3)nc2n(C2CCCC2)c1=O. The van der Waals surface area contributed by atoms with Gasteiger partial charge in [0.05, 0.1) is 46.2 Å². The molecule has 1 aromatic carbocycles. The number of aliphatic hydroxyl groups is 1. The van der Waals surface area contributed by atoms with Crippen LogP contribution in [0.5, 0.6) is 0 Å². The number of aliphatic hydroxyl groups excluding tert-OH is 1. The van der Waals surface area contributed by atoms with E-state index in [9.17, 15) is 33.9 Å². The number of pyridine rings is 2. The van der Waals surface area contributed by atoms with Gasteiger partial charge >= 0.3 is 0 Å². The van der Waals surface area contributed by atoms with Gasteiger partial charge in [0.2, 0.25) is 29.6 Å². The molecule has 4 fully saturated rings. The Bertz CT molecular complexity index is 2950. The number of amides is 4. The van der Waals surface area contributed by atoms with Gasteiger partial charge in [0.15, 0.2) is 5.78 Å². The second-order valence-corrected chi connectivity index (χ2v) is 22.3. The second-order valence-electron chi connectivity index (χ2n) is 21.4. The molecule has 74 heavy (non-hydrogen) atoms. The van der Waals surface area contributed by atoms with Gasteiger partial charge < -0.3 is 35.8 Å². The van der Waals surface area contributed by atoms with E-state index in [0.29, 0.717) is 80.5 Å². The van der Waals surface area contributed by atoms with Gasteiger partial charge in [-0.05, 0) is 93.8 Å². The maximum Gasteiger partial charge on any atom is 0.263 e. The average molecular weight is 1030 g/mol. The van der Waals surface area contributed by atoms with Crippen LogP contribution in [-0.2, 0) is 25.7 Å². The lowest BCUT2D eigenvalue weighted by molar-refractivity contribution is -0.144. The third-order valence-electron chi connectivity index (χ3n) is 15.2. The van der Waals surface area contributed by atoms with E-state index in [-0.39, 0.29) is 72.6 Å². The Hall–Kier alpha value is -6.64. The van der Waals surface area contributed by atoms with Crippen LogP contribution in [0.15, 0.2) is 59.1 Å². The monoisotopic (exact) mass is 1030 g/mol. The minimum atomic E-state index is -0.940. The van der Waals surface area contributed by atoms with Crippen molar-refractivity contribution >= 4 is 69.2 Å². The van der Waals surface area contributed by atoms with Crippen LogP contribution in [0.3, 0.4) is 0 Å². The normalized spacial score (nSPS) is 19.5. The van der Waals surface area contributed by atoms with Gasteiger partial charge in [-0.3, -0.25) is 38.2 Å². The van der Waals surface area contributed by atoms with Crippen molar-refractivity contribution in [3.05, 3.63) is 87.0 Å². The smallest absolute Gasteiger partial charge is 0.263 e. The number of β-amino-alcohol motifs (C(OH)–C–C–N with tert-alkyl or cyclic N) is 1. The van der Waals surface area contributed by atoms with E-state index in [1.54, 1.807) is 35.2 Å². The summed E-state index contributed by atoms with van der Waals surface area (Å²) in [6.45, 7) is 14.6. The fourth-order valence-corrected chi connectivity index (χ4v) is 11.9. The summed E-state index contributed by atoms with van der Waals surface area (Å²) in [6.07, 6.45) is 7.65. The van der Waals surface area contributed by atoms with E-state index >= 15 is 0 Å². The Morgan fingerprint density at radius 3 is 2.23 bits per heavy atom. The molecule has 3 aliphatic heterocycles. The summed E-state index contributed by atoms with van der Waals surface area (Å²) < 4.78 is 1.69. The van der Waals surface area contributed by atoms with Gasteiger partial charge in [0, 0.05) is 69.2 Å². The van der Waals surface area contributed by atoms with Crippen molar-refractivity contribution in [2.75, 3.05) is 62.6 Å². The number of anilines is 3. The molecule has 0 spiro atoms. The Labute approximate surface area is 435 Å². The van der Waals surface area contributed by atoms with Crippen LogP contribution in [0.1, 0.15) is 106 Å². The number of hydrogen-bond donors (Lipinski definition) is 4. The summed E-state index contributed by atoms with van der Waals surface area (Å²) in [5, 5.41) is 20.5. The zero-order chi connectivity index (χ0) is 52.4. The molecule has 4 aromatic heterocycles. The van der Waals surface area contributed by atoms with Crippen LogP contribution in [0, 0.1) is 25.2 Å². The Morgan fingerprint density at radius 1 is 0.878 bits per heavy atom. The van der Waals surface area contributed by atoms with Gasteiger partial charge in [-0.2, -0.15) is 4.98 Å². The molecule has 4 amide bonds. The molecule has 3 saturated heterocycles. The molecular weight excluding hydrogens is 961 g/mol. The zero-order valence-corrected chi connectivity index (χ0v) is 44.0. The molecule has 1 aliphatic carbocycles.